The molecule has 1 aromatic rings. The number of amides is 1. The standard InChI is InChI=1S/C14H23N3O3S.ClH/c1-12-5-7-13(8-6-12)21(19,20)17-11-10-16-14(18)4-3-9-15-2;/h5-8,15,17H,3-4,9-11H2,1-2H3,(H,16,18);1H. The minimum atomic E-state index is -3.51. The van der Waals surface area contributed by atoms with Crippen LogP contribution in [0, 0.1) is 6.92 Å². The number of carbonyl (C=O) groups excluding carboxylic acids is 1. The number of hydrogen-bond acceptors (Lipinski definition) is 4. The van der Waals surface area contributed by atoms with Gasteiger partial charge in [0.25, 0.3) is 0 Å². The summed E-state index contributed by atoms with van der Waals surface area (Å²) in [6, 6.07) is 6.62. The number of nitrogens with one attached hydrogen (secondary N) is 3. The lowest BCUT2D eigenvalue weighted by Gasteiger charge is -2.08. The maximum atomic E-state index is 12.0. The van der Waals surface area contributed by atoms with Crippen LogP contribution in [0.3, 0.4) is 0 Å². The summed E-state index contributed by atoms with van der Waals surface area (Å²) < 4.78 is 26.4. The predicted molar refractivity (Wildman–Crippen MR) is 89.8 cm³/mol. The second kappa shape index (κ2) is 10.6. The molecule has 0 fully saturated rings. The van der Waals surface area contributed by atoms with Crippen molar-refractivity contribution < 1.29 is 13.2 Å². The molecule has 1 aromatic carbocycles. The third-order valence-corrected chi connectivity index (χ3v) is 4.38. The van der Waals surface area contributed by atoms with Crippen LogP contribution in [0.4, 0.5) is 0 Å². The number of aryl methyl sites for hydroxylation is 1. The summed E-state index contributed by atoms with van der Waals surface area (Å²) in [6.45, 7) is 3.14. The summed E-state index contributed by atoms with van der Waals surface area (Å²) in [5.74, 6) is -0.0696. The van der Waals surface area contributed by atoms with Gasteiger partial charge in [-0.3, -0.25) is 4.79 Å². The lowest BCUT2D eigenvalue weighted by Crippen LogP contribution is -2.34. The first-order valence-electron chi connectivity index (χ1n) is 6.93. The van der Waals surface area contributed by atoms with Gasteiger partial charge in [-0.1, -0.05) is 17.7 Å². The Morgan fingerprint density at radius 1 is 1.09 bits per heavy atom. The van der Waals surface area contributed by atoms with Crippen LogP contribution in [-0.4, -0.2) is 41.0 Å². The van der Waals surface area contributed by atoms with E-state index in [1.54, 1.807) is 24.3 Å². The molecule has 6 nitrogen and oxygen atoms in total. The molecular weight excluding hydrogens is 326 g/mol. The van der Waals surface area contributed by atoms with E-state index in [4.69, 9.17) is 0 Å². The van der Waals surface area contributed by atoms with Crippen LogP contribution in [0.25, 0.3) is 0 Å². The van der Waals surface area contributed by atoms with Crippen molar-refractivity contribution in [2.75, 3.05) is 26.7 Å². The van der Waals surface area contributed by atoms with E-state index in [0.29, 0.717) is 6.42 Å². The van der Waals surface area contributed by atoms with Gasteiger partial charge >= 0.3 is 0 Å². The van der Waals surface area contributed by atoms with E-state index in [9.17, 15) is 13.2 Å². The first kappa shape index (κ1) is 20.9. The zero-order valence-electron chi connectivity index (χ0n) is 12.9. The normalized spacial score (nSPS) is 10.8. The van der Waals surface area contributed by atoms with Gasteiger partial charge in [0, 0.05) is 19.5 Å². The molecule has 0 bridgehead atoms. The van der Waals surface area contributed by atoms with Crippen molar-refractivity contribution in [3.8, 4) is 0 Å². The molecule has 0 spiro atoms. The molecule has 0 radical (unpaired) electrons. The van der Waals surface area contributed by atoms with E-state index in [1.165, 1.54) is 0 Å². The molecule has 0 aliphatic rings. The van der Waals surface area contributed by atoms with Crippen LogP contribution < -0.4 is 15.4 Å². The smallest absolute Gasteiger partial charge is 0.240 e. The highest BCUT2D eigenvalue weighted by Gasteiger charge is 2.12. The second-order valence-corrected chi connectivity index (χ2v) is 6.53. The molecular formula is C14H24ClN3O3S. The molecule has 0 saturated heterocycles. The Kier molecular flexibility index (Phi) is 10.0. The summed E-state index contributed by atoms with van der Waals surface area (Å²) in [6.07, 6.45) is 1.20. The monoisotopic (exact) mass is 349 g/mol. The molecule has 0 aromatic heterocycles. The maximum absolute atomic E-state index is 12.0. The van der Waals surface area contributed by atoms with Crippen molar-refractivity contribution in [2.24, 2.45) is 0 Å². The van der Waals surface area contributed by atoms with Crippen LogP contribution in [-0.2, 0) is 14.8 Å². The van der Waals surface area contributed by atoms with Gasteiger partial charge < -0.3 is 10.6 Å². The Hall–Kier alpha value is -1.15. The average Bonchev–Trinajstić information content (AvgIpc) is 2.44. The minimum Gasteiger partial charge on any atom is -0.355 e. The fourth-order valence-electron chi connectivity index (χ4n) is 1.70. The van der Waals surface area contributed by atoms with Gasteiger partial charge in [0.1, 0.15) is 0 Å². The Morgan fingerprint density at radius 2 is 1.73 bits per heavy atom. The van der Waals surface area contributed by atoms with E-state index in [-0.39, 0.29) is 36.3 Å². The first-order chi connectivity index (χ1) is 9.95. The Labute approximate surface area is 138 Å². The van der Waals surface area contributed by atoms with Crippen LogP contribution in [0.1, 0.15) is 18.4 Å². The number of rotatable bonds is 9. The molecule has 22 heavy (non-hydrogen) atoms. The van der Waals surface area contributed by atoms with Crippen molar-refractivity contribution in [1.82, 2.24) is 15.4 Å². The van der Waals surface area contributed by atoms with Crippen LogP contribution in [0.2, 0.25) is 0 Å². The van der Waals surface area contributed by atoms with Gasteiger partial charge in [0.2, 0.25) is 15.9 Å². The number of benzene rings is 1. The fraction of sp³-hybridized carbons (Fsp3) is 0.500. The fourth-order valence-corrected chi connectivity index (χ4v) is 2.73. The summed E-state index contributed by atoms with van der Waals surface area (Å²) in [4.78, 5) is 11.7. The maximum Gasteiger partial charge on any atom is 0.240 e. The molecule has 0 aliphatic carbocycles. The zero-order chi connectivity index (χ0) is 15.7. The average molecular weight is 350 g/mol. The Balaban J connectivity index is 0.00000441. The number of sulfonamides is 1. The van der Waals surface area contributed by atoms with E-state index in [1.807, 2.05) is 14.0 Å². The molecule has 126 valence electrons. The number of carbonyl (C=O) groups is 1. The van der Waals surface area contributed by atoms with Crippen molar-refractivity contribution in [1.29, 1.82) is 0 Å². The summed E-state index contributed by atoms with van der Waals surface area (Å²) in [7, 11) is -1.68. The van der Waals surface area contributed by atoms with Gasteiger partial charge in [0.15, 0.2) is 0 Å². The summed E-state index contributed by atoms with van der Waals surface area (Å²) >= 11 is 0. The molecule has 1 amide bonds. The molecule has 8 heteroatoms. The van der Waals surface area contributed by atoms with Crippen molar-refractivity contribution in [2.45, 2.75) is 24.7 Å². The van der Waals surface area contributed by atoms with Crippen LogP contribution in [0.15, 0.2) is 29.2 Å². The van der Waals surface area contributed by atoms with E-state index in [2.05, 4.69) is 15.4 Å². The third-order valence-electron chi connectivity index (χ3n) is 2.90. The quantitative estimate of drug-likeness (QED) is 0.576. The molecule has 0 aliphatic heterocycles. The van der Waals surface area contributed by atoms with Gasteiger partial charge in [-0.2, -0.15) is 0 Å². The summed E-state index contributed by atoms with van der Waals surface area (Å²) in [5.41, 5.74) is 1.00. The lowest BCUT2D eigenvalue weighted by molar-refractivity contribution is -0.121. The second-order valence-electron chi connectivity index (χ2n) is 4.77. The highest BCUT2D eigenvalue weighted by atomic mass is 35.5. The SMILES string of the molecule is CNCCCC(=O)NCCNS(=O)(=O)c1ccc(C)cc1.Cl. The highest BCUT2D eigenvalue weighted by Crippen LogP contribution is 2.09. The van der Waals surface area contributed by atoms with E-state index >= 15 is 0 Å². The topological polar surface area (TPSA) is 87.3 Å². The molecule has 3 N–H and O–H groups in total. The van der Waals surface area contributed by atoms with E-state index < -0.39 is 10.0 Å². The largest absolute Gasteiger partial charge is 0.355 e. The predicted octanol–water partition coefficient (Wildman–Crippen LogP) is 0.811. The zero-order valence-corrected chi connectivity index (χ0v) is 14.5. The van der Waals surface area contributed by atoms with E-state index in [0.717, 1.165) is 18.5 Å². The molecule has 0 atom stereocenters. The highest BCUT2D eigenvalue weighted by molar-refractivity contribution is 7.89. The number of halogens is 1. The minimum absolute atomic E-state index is 0. The third kappa shape index (κ3) is 7.74. The Morgan fingerprint density at radius 3 is 2.32 bits per heavy atom. The Bertz CT molecular complexity index is 547. The summed E-state index contributed by atoms with van der Waals surface area (Å²) in [5, 5.41) is 5.64. The van der Waals surface area contributed by atoms with Gasteiger partial charge in [-0.15, -0.1) is 12.4 Å². The van der Waals surface area contributed by atoms with Gasteiger partial charge in [-0.05, 0) is 39.1 Å². The van der Waals surface area contributed by atoms with Crippen LogP contribution >= 0.6 is 12.4 Å². The molecule has 0 heterocycles. The van der Waals surface area contributed by atoms with Crippen molar-refractivity contribution in [3.05, 3.63) is 29.8 Å². The molecule has 0 unspecified atom stereocenters. The van der Waals surface area contributed by atoms with Crippen molar-refractivity contribution >= 4 is 28.3 Å². The number of hydrogen-bond donors (Lipinski definition) is 3. The first-order valence-corrected chi connectivity index (χ1v) is 8.41. The molecule has 0 saturated carbocycles. The molecule has 1 rings (SSSR count). The lowest BCUT2D eigenvalue weighted by atomic mass is 10.2. The van der Waals surface area contributed by atoms with Gasteiger partial charge in [0.05, 0.1) is 4.90 Å². The van der Waals surface area contributed by atoms with Crippen molar-refractivity contribution in [3.63, 3.8) is 0 Å². The van der Waals surface area contributed by atoms with Crippen LogP contribution in [0.5, 0.6) is 0 Å². The van der Waals surface area contributed by atoms with Gasteiger partial charge in [-0.25, -0.2) is 13.1 Å².